The molecule has 2 fully saturated rings. The van der Waals surface area contributed by atoms with Gasteiger partial charge in [0.1, 0.15) is 5.54 Å². The van der Waals surface area contributed by atoms with Crippen molar-refractivity contribution in [1.29, 1.82) is 0 Å². The molecule has 1 amide bonds. The Morgan fingerprint density at radius 1 is 1.27 bits per heavy atom. The molecule has 22 heavy (non-hydrogen) atoms. The van der Waals surface area contributed by atoms with Gasteiger partial charge >= 0.3 is 0 Å². The maximum Gasteiger partial charge on any atom is 0.243 e. The number of amides is 1. The molecule has 3 unspecified atom stereocenters. The number of methoxy groups -OCH3 is 2. The van der Waals surface area contributed by atoms with E-state index in [2.05, 4.69) is 0 Å². The number of carbonyl (C=O) groups excluding carboxylic acids is 1. The monoisotopic (exact) mass is 314 g/mol. The summed E-state index contributed by atoms with van der Waals surface area (Å²) in [6, 6.07) is 0. The molecule has 0 aromatic carbocycles. The summed E-state index contributed by atoms with van der Waals surface area (Å²) in [6.07, 6.45) is 2.01. The van der Waals surface area contributed by atoms with Crippen LogP contribution in [0.15, 0.2) is 0 Å². The fraction of sp³-hybridized carbons (Fsp3) is 0.938. The van der Waals surface area contributed by atoms with Crippen LogP contribution in [0.25, 0.3) is 0 Å². The van der Waals surface area contributed by atoms with Crippen molar-refractivity contribution in [1.82, 2.24) is 4.90 Å². The van der Waals surface area contributed by atoms with Crippen LogP contribution in [0.5, 0.6) is 0 Å². The molecule has 1 aliphatic heterocycles. The fourth-order valence-electron chi connectivity index (χ4n) is 3.99. The minimum Gasteiger partial charge on any atom is -0.383 e. The van der Waals surface area contributed by atoms with Crippen molar-refractivity contribution in [2.24, 2.45) is 17.1 Å². The van der Waals surface area contributed by atoms with Crippen molar-refractivity contribution < 1.29 is 19.0 Å². The third-order valence-corrected chi connectivity index (χ3v) is 5.46. The highest BCUT2D eigenvalue weighted by Gasteiger charge is 2.70. The lowest BCUT2D eigenvalue weighted by atomic mass is 9.46. The topological polar surface area (TPSA) is 74.0 Å². The first-order valence-corrected chi connectivity index (χ1v) is 8.09. The van der Waals surface area contributed by atoms with Crippen LogP contribution in [0.1, 0.15) is 26.7 Å². The summed E-state index contributed by atoms with van der Waals surface area (Å²) in [5.74, 6) is 0.106. The van der Waals surface area contributed by atoms with Gasteiger partial charge in [-0.1, -0.05) is 13.8 Å². The largest absolute Gasteiger partial charge is 0.383 e. The number of rotatable bonds is 7. The molecule has 0 bridgehead atoms. The molecule has 0 radical (unpaired) electrons. The molecule has 0 spiro atoms. The number of carbonyl (C=O) groups is 1. The van der Waals surface area contributed by atoms with Crippen LogP contribution in [0, 0.1) is 11.3 Å². The van der Waals surface area contributed by atoms with Gasteiger partial charge in [0.15, 0.2) is 0 Å². The molecule has 2 N–H and O–H groups in total. The van der Waals surface area contributed by atoms with E-state index in [0.29, 0.717) is 26.3 Å². The number of ether oxygens (including phenoxy) is 3. The van der Waals surface area contributed by atoms with Crippen LogP contribution in [0.2, 0.25) is 0 Å². The molecule has 1 aliphatic carbocycles. The molecule has 1 saturated heterocycles. The van der Waals surface area contributed by atoms with E-state index in [-0.39, 0.29) is 23.3 Å². The Labute approximate surface area is 133 Å². The Kier molecular flexibility index (Phi) is 5.48. The van der Waals surface area contributed by atoms with Gasteiger partial charge in [0, 0.05) is 45.2 Å². The SMILES string of the molecule is COCCN(CCOC)C(=O)C1(N)C2CCCOC2C1(C)C. The van der Waals surface area contributed by atoms with Crippen LogP contribution >= 0.6 is 0 Å². The second-order valence-corrected chi connectivity index (χ2v) is 6.91. The molecular formula is C16H30N2O4. The van der Waals surface area contributed by atoms with Crippen LogP contribution in [0.4, 0.5) is 0 Å². The molecule has 2 aliphatic rings. The summed E-state index contributed by atoms with van der Waals surface area (Å²) in [5.41, 5.74) is 5.46. The lowest BCUT2D eigenvalue weighted by molar-refractivity contribution is -0.230. The van der Waals surface area contributed by atoms with E-state index in [4.69, 9.17) is 19.9 Å². The van der Waals surface area contributed by atoms with Gasteiger partial charge in [-0.2, -0.15) is 0 Å². The van der Waals surface area contributed by atoms with Crippen molar-refractivity contribution in [3.05, 3.63) is 0 Å². The quantitative estimate of drug-likeness (QED) is 0.746. The Hall–Kier alpha value is -0.690. The van der Waals surface area contributed by atoms with E-state index >= 15 is 0 Å². The summed E-state index contributed by atoms with van der Waals surface area (Å²) in [7, 11) is 3.27. The molecule has 0 aromatic heterocycles. The van der Waals surface area contributed by atoms with E-state index in [1.165, 1.54) is 0 Å². The van der Waals surface area contributed by atoms with Crippen LogP contribution in [-0.4, -0.2) is 69.6 Å². The first kappa shape index (κ1) is 17.7. The van der Waals surface area contributed by atoms with Gasteiger partial charge in [0.05, 0.1) is 19.3 Å². The zero-order valence-corrected chi connectivity index (χ0v) is 14.3. The average molecular weight is 314 g/mol. The van der Waals surface area contributed by atoms with Gasteiger partial charge in [-0.15, -0.1) is 0 Å². The molecular weight excluding hydrogens is 284 g/mol. The normalized spacial score (nSPS) is 33.0. The van der Waals surface area contributed by atoms with Gasteiger partial charge in [-0.25, -0.2) is 0 Å². The van der Waals surface area contributed by atoms with Gasteiger partial charge in [-0.3, -0.25) is 4.79 Å². The summed E-state index contributed by atoms with van der Waals surface area (Å²) in [4.78, 5) is 14.9. The predicted molar refractivity (Wildman–Crippen MR) is 83.5 cm³/mol. The van der Waals surface area contributed by atoms with Crippen molar-refractivity contribution in [3.8, 4) is 0 Å². The van der Waals surface area contributed by atoms with Crippen molar-refractivity contribution >= 4 is 5.91 Å². The molecule has 6 nitrogen and oxygen atoms in total. The number of hydrogen-bond donors (Lipinski definition) is 1. The Balaban J connectivity index is 2.16. The van der Waals surface area contributed by atoms with Crippen LogP contribution in [-0.2, 0) is 19.0 Å². The summed E-state index contributed by atoms with van der Waals surface area (Å²) >= 11 is 0. The van der Waals surface area contributed by atoms with Gasteiger partial charge in [-0.05, 0) is 12.8 Å². The maximum absolute atomic E-state index is 13.2. The zero-order valence-electron chi connectivity index (χ0n) is 14.3. The fourth-order valence-corrected chi connectivity index (χ4v) is 3.99. The highest BCUT2D eigenvalue weighted by molar-refractivity contribution is 5.89. The summed E-state index contributed by atoms with van der Waals surface area (Å²) < 4.78 is 16.1. The minimum atomic E-state index is -0.862. The smallest absolute Gasteiger partial charge is 0.243 e. The molecule has 0 aromatic rings. The average Bonchev–Trinajstić information content (AvgIpc) is 2.53. The van der Waals surface area contributed by atoms with Crippen molar-refractivity contribution in [2.45, 2.75) is 38.3 Å². The Bertz CT molecular complexity index is 394. The summed E-state index contributed by atoms with van der Waals surface area (Å²) in [5, 5.41) is 0. The first-order valence-electron chi connectivity index (χ1n) is 8.09. The van der Waals surface area contributed by atoms with Gasteiger partial charge in [0.25, 0.3) is 0 Å². The van der Waals surface area contributed by atoms with Gasteiger partial charge in [0.2, 0.25) is 5.91 Å². The van der Waals surface area contributed by atoms with Crippen molar-refractivity contribution in [2.75, 3.05) is 47.1 Å². The number of nitrogens with zero attached hydrogens (tertiary/aromatic N) is 1. The first-order chi connectivity index (χ1) is 10.4. The van der Waals surface area contributed by atoms with Crippen LogP contribution in [0.3, 0.4) is 0 Å². The second kappa shape index (κ2) is 6.83. The van der Waals surface area contributed by atoms with E-state index in [9.17, 15) is 4.79 Å². The lowest BCUT2D eigenvalue weighted by Crippen LogP contribution is -2.82. The highest BCUT2D eigenvalue weighted by atomic mass is 16.5. The lowest BCUT2D eigenvalue weighted by Gasteiger charge is -2.65. The number of nitrogens with two attached hydrogens (primary N) is 1. The molecule has 6 heteroatoms. The molecule has 1 heterocycles. The van der Waals surface area contributed by atoms with E-state index in [0.717, 1.165) is 19.4 Å². The summed E-state index contributed by atoms with van der Waals surface area (Å²) in [6.45, 7) is 6.92. The van der Waals surface area contributed by atoms with Crippen molar-refractivity contribution in [3.63, 3.8) is 0 Å². The molecule has 3 atom stereocenters. The van der Waals surface area contributed by atoms with E-state index in [1.807, 2.05) is 13.8 Å². The third-order valence-electron chi connectivity index (χ3n) is 5.46. The molecule has 2 rings (SSSR count). The predicted octanol–water partition coefficient (Wildman–Crippen LogP) is 0.640. The Morgan fingerprint density at radius 2 is 1.86 bits per heavy atom. The highest BCUT2D eigenvalue weighted by Crippen LogP contribution is 2.57. The van der Waals surface area contributed by atoms with Gasteiger partial charge < -0.3 is 24.8 Å². The Morgan fingerprint density at radius 3 is 2.41 bits per heavy atom. The maximum atomic E-state index is 13.2. The standard InChI is InChI=1S/C16H30N2O4/c1-15(2)13-12(6-5-9-22-13)16(15,17)14(19)18(7-10-20-3)8-11-21-4/h12-13H,5-11,17H2,1-4H3. The molecule has 128 valence electrons. The van der Waals surface area contributed by atoms with E-state index in [1.54, 1.807) is 19.1 Å². The third kappa shape index (κ3) is 2.66. The number of fused-ring (bicyclic) bond motifs is 1. The minimum absolute atomic E-state index is 0.00153. The zero-order chi connectivity index (χ0) is 16.4. The van der Waals surface area contributed by atoms with E-state index < -0.39 is 5.54 Å². The number of hydrogen-bond acceptors (Lipinski definition) is 5. The second-order valence-electron chi connectivity index (χ2n) is 6.91. The molecule has 1 saturated carbocycles. The van der Waals surface area contributed by atoms with Crippen LogP contribution < -0.4 is 5.73 Å².